The Morgan fingerprint density at radius 2 is 1.83 bits per heavy atom. The van der Waals surface area contributed by atoms with Crippen LogP contribution in [0.1, 0.15) is 52.4 Å². The second-order valence-electron chi connectivity index (χ2n) is 9.47. The molecule has 0 amide bonds. The maximum absolute atomic E-state index is 6.50. The minimum Gasteiger partial charge on any atom is -0.372 e. The van der Waals surface area contributed by atoms with Gasteiger partial charge in [-0.25, -0.2) is 0 Å². The lowest BCUT2D eigenvalue weighted by Crippen LogP contribution is -2.63. The molecular weight excluding hydrogens is 306 g/mol. The van der Waals surface area contributed by atoms with Crippen molar-refractivity contribution in [2.75, 3.05) is 26.7 Å². The van der Waals surface area contributed by atoms with Crippen LogP contribution in [0.15, 0.2) is 0 Å². The third kappa shape index (κ3) is 2.87. The summed E-state index contributed by atoms with van der Waals surface area (Å²) in [5.41, 5.74) is 0.246. The predicted molar refractivity (Wildman–Crippen MR) is 95.8 cm³/mol. The van der Waals surface area contributed by atoms with Gasteiger partial charge in [0.2, 0.25) is 0 Å². The van der Waals surface area contributed by atoms with Crippen molar-refractivity contribution < 1.29 is 4.74 Å². The molecule has 23 heavy (non-hydrogen) atoms. The van der Waals surface area contributed by atoms with Gasteiger partial charge in [-0.2, -0.15) is 0 Å². The van der Waals surface area contributed by atoms with E-state index in [0.29, 0.717) is 5.38 Å². The van der Waals surface area contributed by atoms with Gasteiger partial charge in [0, 0.05) is 18.5 Å². The van der Waals surface area contributed by atoms with Crippen molar-refractivity contribution in [1.29, 1.82) is 0 Å². The van der Waals surface area contributed by atoms with E-state index in [2.05, 4.69) is 25.8 Å². The lowest BCUT2D eigenvalue weighted by atomic mass is 9.59. The number of hydrogen-bond acceptors (Lipinski definition) is 2. The number of fused-ring (bicyclic) bond motifs is 2. The van der Waals surface area contributed by atoms with Gasteiger partial charge in [-0.3, -0.25) is 0 Å². The van der Waals surface area contributed by atoms with Gasteiger partial charge in [0.15, 0.2) is 0 Å². The van der Waals surface area contributed by atoms with Crippen molar-refractivity contribution in [3.63, 3.8) is 0 Å². The van der Waals surface area contributed by atoms with Crippen molar-refractivity contribution in [1.82, 2.24) is 4.90 Å². The minimum atomic E-state index is 0.246. The second-order valence-corrected chi connectivity index (χ2v) is 10.1. The molecule has 2 aliphatic carbocycles. The lowest BCUT2D eigenvalue weighted by molar-refractivity contribution is -0.127. The molecule has 0 aromatic heterocycles. The molecule has 0 bridgehead atoms. The average Bonchev–Trinajstić information content (AvgIpc) is 2.86. The Kier molecular flexibility index (Phi) is 4.48. The number of nitrogens with zero attached hydrogens (tertiary/aromatic N) is 1. The van der Waals surface area contributed by atoms with Crippen LogP contribution in [0.5, 0.6) is 0 Å². The highest BCUT2D eigenvalue weighted by Crippen LogP contribution is 2.54. The van der Waals surface area contributed by atoms with Crippen LogP contribution in [0.3, 0.4) is 0 Å². The predicted octanol–water partition coefficient (Wildman–Crippen LogP) is 4.41. The lowest BCUT2D eigenvalue weighted by Gasteiger charge is -2.52. The first kappa shape index (κ1) is 16.7. The second kappa shape index (κ2) is 6.18. The van der Waals surface area contributed by atoms with Crippen LogP contribution < -0.4 is 0 Å². The van der Waals surface area contributed by atoms with E-state index in [1.54, 1.807) is 0 Å². The van der Waals surface area contributed by atoms with Gasteiger partial charge in [-0.15, -0.1) is 11.6 Å². The quantitative estimate of drug-likeness (QED) is 0.691. The summed E-state index contributed by atoms with van der Waals surface area (Å²) in [6.45, 7) is 8.20. The monoisotopic (exact) mass is 339 g/mol. The first-order chi connectivity index (χ1) is 11.0. The fourth-order valence-corrected chi connectivity index (χ4v) is 7.00. The molecule has 6 unspecified atom stereocenters. The number of ether oxygens (including phenoxy) is 1. The number of alkyl halides is 1. The number of halogens is 1. The van der Waals surface area contributed by atoms with Crippen LogP contribution in [0.2, 0.25) is 0 Å². The maximum Gasteiger partial charge on any atom is 0.0966 e. The summed E-state index contributed by atoms with van der Waals surface area (Å²) in [6, 6.07) is 0. The van der Waals surface area contributed by atoms with Crippen molar-refractivity contribution in [3.05, 3.63) is 0 Å². The molecule has 2 heterocycles. The largest absolute Gasteiger partial charge is 0.372 e. The smallest absolute Gasteiger partial charge is 0.0966 e. The Morgan fingerprint density at radius 1 is 1.04 bits per heavy atom. The van der Waals surface area contributed by atoms with E-state index in [0.717, 1.165) is 42.1 Å². The molecule has 0 N–H and O–H groups in total. The molecule has 0 aromatic carbocycles. The van der Waals surface area contributed by atoms with E-state index in [-0.39, 0.29) is 5.60 Å². The Bertz CT molecular complexity index is 433. The summed E-state index contributed by atoms with van der Waals surface area (Å²) in [5.74, 6) is 5.17. The van der Waals surface area contributed by atoms with Gasteiger partial charge in [0.05, 0.1) is 12.2 Å². The van der Waals surface area contributed by atoms with Crippen LogP contribution in [0, 0.1) is 35.5 Å². The molecule has 0 aromatic rings. The van der Waals surface area contributed by atoms with Crippen LogP contribution >= 0.6 is 11.6 Å². The third-order valence-corrected chi connectivity index (χ3v) is 8.11. The molecule has 2 nitrogen and oxygen atoms in total. The molecule has 0 radical (unpaired) electrons. The molecule has 132 valence electrons. The van der Waals surface area contributed by atoms with E-state index in [4.69, 9.17) is 16.3 Å². The van der Waals surface area contributed by atoms with E-state index in [9.17, 15) is 0 Å². The summed E-state index contributed by atoms with van der Waals surface area (Å²) in [7, 11) is 2.23. The number of likely N-dealkylation sites (N-methyl/N-ethyl adjacent to an activating group) is 1. The third-order valence-electron chi connectivity index (χ3n) is 7.71. The van der Waals surface area contributed by atoms with Gasteiger partial charge in [-0.1, -0.05) is 13.8 Å². The molecule has 2 saturated heterocycles. The summed E-state index contributed by atoms with van der Waals surface area (Å²) < 4.78 is 6.36. The standard InChI is InChI=1S/C20H34ClNO/c1-13(2)18-9-16(21)5-6-17(18)14-4-7-19-15(8-14)10-23-20(19)11-22(3)12-20/h13-19H,4-12H2,1-3H3. The van der Waals surface area contributed by atoms with E-state index in [1.807, 2.05) is 0 Å². The SMILES string of the molecule is CC(C)C1CC(Cl)CCC1C1CCC2C(COC23CN(C)C3)C1. The molecule has 2 saturated carbocycles. The summed E-state index contributed by atoms with van der Waals surface area (Å²) in [6.07, 6.45) is 8.14. The summed E-state index contributed by atoms with van der Waals surface area (Å²) >= 11 is 6.50. The average molecular weight is 340 g/mol. The summed E-state index contributed by atoms with van der Waals surface area (Å²) in [5, 5.41) is 0.429. The minimum absolute atomic E-state index is 0.246. The van der Waals surface area contributed by atoms with Gasteiger partial charge >= 0.3 is 0 Å². The van der Waals surface area contributed by atoms with Crippen molar-refractivity contribution in [3.8, 4) is 0 Å². The number of likely N-dealkylation sites (tertiary alicyclic amines) is 1. The molecule has 4 aliphatic rings. The molecule has 2 aliphatic heterocycles. The highest BCUT2D eigenvalue weighted by atomic mass is 35.5. The fourth-order valence-electron chi connectivity index (χ4n) is 6.67. The van der Waals surface area contributed by atoms with Gasteiger partial charge in [0.25, 0.3) is 0 Å². The van der Waals surface area contributed by atoms with Gasteiger partial charge in [0.1, 0.15) is 0 Å². The maximum atomic E-state index is 6.50. The van der Waals surface area contributed by atoms with E-state index >= 15 is 0 Å². The van der Waals surface area contributed by atoms with Crippen molar-refractivity contribution in [2.24, 2.45) is 35.5 Å². The van der Waals surface area contributed by atoms with Crippen molar-refractivity contribution >= 4 is 11.6 Å². The van der Waals surface area contributed by atoms with Crippen molar-refractivity contribution in [2.45, 2.75) is 63.4 Å². The Hall–Kier alpha value is 0.210. The zero-order valence-electron chi connectivity index (χ0n) is 15.1. The fraction of sp³-hybridized carbons (Fsp3) is 1.00. The number of rotatable bonds is 2. The molecule has 3 heteroatoms. The number of hydrogen-bond donors (Lipinski definition) is 0. The normalized spacial score (nSPS) is 46.8. The molecule has 4 rings (SSSR count). The Balaban J connectivity index is 1.42. The first-order valence-electron chi connectivity index (χ1n) is 9.95. The van der Waals surface area contributed by atoms with Gasteiger partial charge in [-0.05, 0) is 81.1 Å². The van der Waals surface area contributed by atoms with Crippen LogP contribution in [-0.2, 0) is 4.74 Å². The molecular formula is C20H34ClNO. The van der Waals surface area contributed by atoms with Crippen LogP contribution in [-0.4, -0.2) is 42.6 Å². The Morgan fingerprint density at radius 3 is 2.52 bits per heavy atom. The highest BCUT2D eigenvalue weighted by molar-refractivity contribution is 6.20. The van der Waals surface area contributed by atoms with E-state index in [1.165, 1.54) is 51.6 Å². The van der Waals surface area contributed by atoms with Crippen LogP contribution in [0.25, 0.3) is 0 Å². The van der Waals surface area contributed by atoms with E-state index < -0.39 is 0 Å². The topological polar surface area (TPSA) is 12.5 Å². The van der Waals surface area contributed by atoms with Gasteiger partial charge < -0.3 is 9.64 Å². The first-order valence-corrected chi connectivity index (χ1v) is 10.4. The zero-order chi connectivity index (χ0) is 16.2. The zero-order valence-corrected chi connectivity index (χ0v) is 15.9. The molecule has 1 spiro atoms. The molecule has 4 fully saturated rings. The van der Waals surface area contributed by atoms with Crippen LogP contribution in [0.4, 0.5) is 0 Å². The Labute approximate surface area is 147 Å². The molecule has 6 atom stereocenters. The highest BCUT2D eigenvalue weighted by Gasteiger charge is 2.57. The summed E-state index contributed by atoms with van der Waals surface area (Å²) in [4.78, 5) is 2.42.